The van der Waals surface area contributed by atoms with Crippen LogP contribution in [0.15, 0.2) is 48.1 Å². The van der Waals surface area contributed by atoms with Gasteiger partial charge in [0, 0.05) is 24.2 Å². The van der Waals surface area contributed by atoms with Crippen LogP contribution in [0.25, 0.3) is 0 Å². The van der Waals surface area contributed by atoms with Crippen LogP contribution in [0.2, 0.25) is 0 Å². The van der Waals surface area contributed by atoms with E-state index in [0.29, 0.717) is 37.7 Å². The topological polar surface area (TPSA) is 218 Å². The Balaban J connectivity index is 1.17. The van der Waals surface area contributed by atoms with Crippen LogP contribution in [0, 0.1) is 28.6 Å². The molecule has 3 saturated carbocycles. The molecule has 1 amide bonds. The van der Waals surface area contributed by atoms with Gasteiger partial charge in [-0.15, -0.1) is 11.6 Å². The quantitative estimate of drug-likeness (QED) is 0.0598. The van der Waals surface area contributed by atoms with E-state index in [9.17, 15) is 34.2 Å². The molecule has 54 heavy (non-hydrogen) atoms. The van der Waals surface area contributed by atoms with Crippen molar-refractivity contribution >= 4 is 41.2 Å². The van der Waals surface area contributed by atoms with E-state index in [4.69, 9.17) is 36.2 Å². The summed E-state index contributed by atoms with van der Waals surface area (Å²) in [4.78, 5) is 66.4. The fraction of sp³-hybridized carbons (Fsp3) is 0.605. The molecule has 15 nitrogen and oxygen atoms in total. The van der Waals surface area contributed by atoms with E-state index in [1.54, 1.807) is 38.1 Å². The molecule has 16 heteroatoms. The Morgan fingerprint density at radius 2 is 1.74 bits per heavy atom. The van der Waals surface area contributed by atoms with E-state index in [0.717, 1.165) is 5.57 Å². The van der Waals surface area contributed by atoms with Gasteiger partial charge in [0.25, 0.3) is 0 Å². The first-order valence-corrected chi connectivity index (χ1v) is 18.5. The highest BCUT2D eigenvalue weighted by Gasteiger charge is 2.74. The number of unbranched alkanes of at least 4 members (excludes halogenated alkanes) is 1. The Morgan fingerprint density at radius 1 is 1.06 bits per heavy atom. The molecule has 0 aliphatic heterocycles. The number of amides is 1. The number of allylic oxidation sites excluding steroid dienone is 4. The molecular formula is C38H49ClN2O13. The standard InChI is InChI=1S/C38H49ClN2O13/c1-22-17-29-28-12-9-25-19-26(43)13-14-35(25,3)37(28,39)31(44)20-36(29,4)38(22,48)32(45)21-52-34(47)54-27-10-7-24(8-11-27)18-30(40-23(2)42)33(46)51-15-5-6-16-53-41(49)50/h7-8,10-11,13-14,19,22,28-31,44,48-50H,5-6,9,12,15-18,20-21H2,1-4H3,(H,40,42)/t22-,28-,29-,30?,31-,35-,36-,37-,38-/m0/s1. The number of nitrogens with zero attached hydrogens (tertiary/aromatic N) is 1. The molecule has 4 aliphatic carbocycles. The molecule has 5 N–H and O–H groups in total. The summed E-state index contributed by atoms with van der Waals surface area (Å²) in [5.74, 6) is -2.92. The van der Waals surface area contributed by atoms with Gasteiger partial charge in [0.15, 0.2) is 12.4 Å². The van der Waals surface area contributed by atoms with Gasteiger partial charge in [0.1, 0.15) is 17.4 Å². The van der Waals surface area contributed by atoms with Gasteiger partial charge >= 0.3 is 12.1 Å². The second-order valence-electron chi connectivity index (χ2n) is 15.3. The lowest BCUT2D eigenvalue weighted by Crippen LogP contribution is -2.69. The molecule has 4 aliphatic rings. The van der Waals surface area contributed by atoms with E-state index < -0.39 is 75.2 Å². The number of rotatable bonds is 14. The highest BCUT2D eigenvalue weighted by atomic mass is 35.5. The first-order valence-electron chi connectivity index (χ1n) is 18.1. The Morgan fingerprint density at radius 3 is 2.41 bits per heavy atom. The molecule has 1 aromatic carbocycles. The average molecular weight is 777 g/mol. The number of benzene rings is 1. The van der Waals surface area contributed by atoms with Gasteiger partial charge in [0.2, 0.25) is 11.7 Å². The lowest BCUT2D eigenvalue weighted by Gasteiger charge is -2.63. The lowest BCUT2D eigenvalue weighted by molar-refractivity contribution is -0.492. The zero-order chi connectivity index (χ0) is 39.6. The predicted octanol–water partition coefficient (Wildman–Crippen LogP) is 3.77. The van der Waals surface area contributed by atoms with Gasteiger partial charge in [-0.25, -0.2) is 9.59 Å². The first-order chi connectivity index (χ1) is 25.4. The minimum Gasteiger partial charge on any atom is -0.464 e. The number of hydrogen-bond acceptors (Lipinski definition) is 14. The van der Waals surface area contributed by atoms with Gasteiger partial charge < -0.3 is 29.7 Å². The number of Topliss-reactive ketones (excluding diaryl/α,β-unsaturated/α-hetero) is 1. The average Bonchev–Trinajstić information content (AvgIpc) is 3.31. The summed E-state index contributed by atoms with van der Waals surface area (Å²) in [5, 5.41) is 43.2. The second kappa shape index (κ2) is 16.2. The smallest absolute Gasteiger partial charge is 0.464 e. The summed E-state index contributed by atoms with van der Waals surface area (Å²) >= 11 is 7.47. The number of aliphatic hydroxyl groups excluding tert-OH is 1. The Hall–Kier alpha value is -3.70. The fourth-order valence-corrected chi connectivity index (χ4v) is 10.0. The van der Waals surface area contributed by atoms with Crippen LogP contribution in [0.1, 0.15) is 71.8 Å². The Bertz CT molecular complexity index is 1680. The number of ketones is 2. The van der Waals surface area contributed by atoms with Crippen LogP contribution >= 0.6 is 11.6 Å². The molecule has 296 valence electrons. The van der Waals surface area contributed by atoms with Gasteiger partial charge in [-0.2, -0.15) is 0 Å². The molecule has 0 aromatic heterocycles. The van der Waals surface area contributed by atoms with Crippen LogP contribution in [-0.2, 0) is 39.9 Å². The maximum atomic E-state index is 13.8. The number of nitrogens with one attached hydrogen (secondary N) is 1. The summed E-state index contributed by atoms with van der Waals surface area (Å²) in [6.45, 7) is 6.00. The molecule has 0 spiro atoms. The van der Waals surface area contributed by atoms with Crippen molar-refractivity contribution in [2.45, 2.75) is 95.3 Å². The van der Waals surface area contributed by atoms with Gasteiger partial charge in [0.05, 0.1) is 29.6 Å². The van der Waals surface area contributed by atoms with Crippen LogP contribution in [0.5, 0.6) is 5.75 Å². The van der Waals surface area contributed by atoms with Crippen molar-refractivity contribution in [2.75, 3.05) is 19.8 Å². The number of halogens is 1. The maximum absolute atomic E-state index is 13.8. The number of carbonyl (C=O) groups is 5. The van der Waals surface area contributed by atoms with Crippen molar-refractivity contribution < 1.29 is 63.6 Å². The van der Waals surface area contributed by atoms with Gasteiger partial charge in [-0.05, 0) is 86.1 Å². The molecule has 3 fully saturated rings. The van der Waals surface area contributed by atoms with Crippen LogP contribution in [0.3, 0.4) is 0 Å². The summed E-state index contributed by atoms with van der Waals surface area (Å²) < 4.78 is 15.7. The number of ether oxygens (including phenoxy) is 3. The Kier molecular flexibility index (Phi) is 12.4. The molecule has 0 bridgehead atoms. The molecule has 1 aromatic rings. The number of alkyl halides is 1. The van der Waals surface area contributed by atoms with E-state index >= 15 is 0 Å². The zero-order valence-corrected chi connectivity index (χ0v) is 31.5. The van der Waals surface area contributed by atoms with E-state index in [1.165, 1.54) is 25.1 Å². The molecule has 5 rings (SSSR count). The van der Waals surface area contributed by atoms with Gasteiger partial charge in [-0.3, -0.25) is 29.6 Å². The molecule has 9 atom stereocenters. The Labute approximate surface area is 318 Å². The third kappa shape index (κ3) is 7.72. The highest BCUT2D eigenvalue weighted by Crippen LogP contribution is 2.71. The summed E-state index contributed by atoms with van der Waals surface area (Å²) in [6, 6.07) is 5.03. The molecular weight excluding hydrogens is 728 g/mol. The third-order valence-corrected chi connectivity index (χ3v) is 13.1. The normalized spacial score (nSPS) is 33.1. The predicted molar refractivity (Wildman–Crippen MR) is 189 cm³/mol. The molecule has 0 heterocycles. The number of esters is 1. The number of fused-ring (bicyclic) bond motifs is 5. The number of hydrogen-bond donors (Lipinski definition) is 5. The molecule has 0 saturated heterocycles. The van der Waals surface area contributed by atoms with Crippen LogP contribution in [0.4, 0.5) is 4.79 Å². The SMILES string of the molecule is CC(=O)NC(Cc1ccc(OC(=O)OCC(=O)[C@@]2(O)[C@@H](C)C[C@H]3[C@@H]4CCC5=CC(=O)C=C[C@]5(C)[C@@]4(Cl)[C@@H](O)C[C@@]32C)cc1)C(=O)OCCCCON(O)O. The summed E-state index contributed by atoms with van der Waals surface area (Å²) in [5.41, 5.74) is -2.33. The van der Waals surface area contributed by atoms with Crippen molar-refractivity contribution in [3.63, 3.8) is 0 Å². The summed E-state index contributed by atoms with van der Waals surface area (Å²) in [7, 11) is 0. The van der Waals surface area contributed by atoms with E-state index in [-0.39, 0.29) is 49.4 Å². The number of aliphatic hydroxyl groups is 2. The van der Waals surface area contributed by atoms with Crippen molar-refractivity contribution in [2.24, 2.45) is 28.6 Å². The van der Waals surface area contributed by atoms with Gasteiger partial charge in [-0.1, -0.05) is 44.6 Å². The molecule has 0 radical (unpaired) electrons. The molecule has 1 unspecified atom stereocenters. The van der Waals surface area contributed by atoms with Crippen LogP contribution < -0.4 is 10.1 Å². The van der Waals surface area contributed by atoms with Crippen molar-refractivity contribution in [1.82, 2.24) is 10.7 Å². The van der Waals surface area contributed by atoms with Crippen LogP contribution in [-0.4, -0.2) is 98.1 Å². The number of carbonyl (C=O) groups excluding carboxylic acids is 5. The van der Waals surface area contributed by atoms with E-state index in [1.807, 2.05) is 6.92 Å². The van der Waals surface area contributed by atoms with Crippen molar-refractivity contribution in [3.05, 3.63) is 53.6 Å². The summed E-state index contributed by atoms with van der Waals surface area (Å²) in [6.07, 6.45) is 5.05. The minimum atomic E-state index is -1.93. The third-order valence-electron chi connectivity index (χ3n) is 12.2. The largest absolute Gasteiger partial charge is 0.514 e. The fourth-order valence-electron chi connectivity index (χ4n) is 9.49. The first kappa shape index (κ1) is 41.5. The maximum Gasteiger partial charge on any atom is 0.514 e. The van der Waals surface area contributed by atoms with E-state index in [2.05, 4.69) is 10.2 Å². The van der Waals surface area contributed by atoms with Crippen molar-refractivity contribution in [1.29, 1.82) is 0 Å². The second-order valence-corrected chi connectivity index (χ2v) is 15.9. The minimum absolute atomic E-state index is 0.0108. The van der Waals surface area contributed by atoms with Crippen molar-refractivity contribution in [3.8, 4) is 5.75 Å². The highest BCUT2D eigenvalue weighted by molar-refractivity contribution is 6.26. The monoisotopic (exact) mass is 776 g/mol. The zero-order valence-electron chi connectivity index (χ0n) is 30.8. The lowest BCUT2D eigenvalue weighted by atomic mass is 9.45.